The molecule has 1 aromatic heterocycles. The van der Waals surface area contributed by atoms with Gasteiger partial charge in [-0.05, 0) is 32.9 Å². The molecule has 1 aliphatic rings. The van der Waals surface area contributed by atoms with Gasteiger partial charge >= 0.3 is 6.18 Å². The zero-order valence-corrected chi connectivity index (χ0v) is 11.8. The zero-order valence-electron chi connectivity index (χ0n) is 11.8. The first-order chi connectivity index (χ1) is 9.88. The molecule has 0 saturated carbocycles. The summed E-state index contributed by atoms with van der Waals surface area (Å²) in [4.78, 5) is 13.6. The molecular formula is C13H19F3N4O. The zero-order chi connectivity index (χ0) is 15.5. The number of hydrogen-bond donors (Lipinski definition) is 2. The molecule has 21 heavy (non-hydrogen) atoms. The van der Waals surface area contributed by atoms with Gasteiger partial charge in [0.25, 0.3) is 5.56 Å². The molecule has 1 aliphatic heterocycles. The highest BCUT2D eigenvalue weighted by Gasteiger charge is 2.37. The number of piperidine rings is 1. The van der Waals surface area contributed by atoms with Gasteiger partial charge in [0, 0.05) is 12.6 Å². The van der Waals surface area contributed by atoms with E-state index in [0.29, 0.717) is 6.54 Å². The van der Waals surface area contributed by atoms with E-state index in [1.165, 1.54) is 6.42 Å². The number of alkyl halides is 3. The van der Waals surface area contributed by atoms with E-state index >= 15 is 0 Å². The van der Waals surface area contributed by atoms with Crippen molar-refractivity contribution in [2.24, 2.45) is 0 Å². The molecule has 2 rings (SSSR count). The van der Waals surface area contributed by atoms with E-state index in [9.17, 15) is 18.0 Å². The number of likely N-dealkylation sites (tertiary alicyclic amines) is 1. The highest BCUT2D eigenvalue weighted by atomic mass is 19.4. The first-order valence-electron chi connectivity index (χ1n) is 7.01. The molecule has 2 heterocycles. The lowest BCUT2D eigenvalue weighted by Crippen LogP contribution is -2.39. The molecular weight excluding hydrogens is 285 g/mol. The van der Waals surface area contributed by atoms with Crippen molar-refractivity contribution >= 4 is 5.69 Å². The molecule has 0 bridgehead atoms. The Morgan fingerprint density at radius 2 is 2.05 bits per heavy atom. The van der Waals surface area contributed by atoms with E-state index < -0.39 is 17.3 Å². The van der Waals surface area contributed by atoms with Crippen LogP contribution in [0.2, 0.25) is 0 Å². The fourth-order valence-corrected chi connectivity index (χ4v) is 2.63. The summed E-state index contributed by atoms with van der Waals surface area (Å²) in [6.45, 7) is 4.37. The quantitative estimate of drug-likeness (QED) is 0.894. The number of H-pyrrole nitrogens is 1. The lowest BCUT2D eigenvalue weighted by molar-refractivity contribution is -0.138. The number of nitrogens with zero attached hydrogens (tertiary/aromatic N) is 2. The Hall–Kier alpha value is -1.57. The molecule has 0 radical (unpaired) electrons. The summed E-state index contributed by atoms with van der Waals surface area (Å²) >= 11 is 0. The molecule has 1 fully saturated rings. The number of aromatic amines is 1. The second-order valence-corrected chi connectivity index (χ2v) is 5.39. The van der Waals surface area contributed by atoms with Crippen LogP contribution in [0.3, 0.4) is 0 Å². The molecule has 1 aromatic rings. The van der Waals surface area contributed by atoms with Crippen LogP contribution >= 0.6 is 0 Å². The third kappa shape index (κ3) is 4.20. The van der Waals surface area contributed by atoms with Crippen LogP contribution in [-0.2, 0) is 6.18 Å². The molecule has 118 valence electrons. The maximum Gasteiger partial charge on any atom is 0.423 e. The fourth-order valence-electron chi connectivity index (χ4n) is 2.63. The third-order valence-corrected chi connectivity index (χ3v) is 3.52. The smallest absolute Gasteiger partial charge is 0.379 e. The number of nitrogens with one attached hydrogen (secondary N) is 2. The molecule has 0 amide bonds. The average molecular weight is 304 g/mol. The van der Waals surface area contributed by atoms with Gasteiger partial charge < -0.3 is 10.2 Å². The van der Waals surface area contributed by atoms with Crippen molar-refractivity contribution in [3.63, 3.8) is 0 Å². The standard InChI is InChI=1S/C13H19F3N4O/c1-9(8-20-5-3-2-4-6-20)18-10-7-17-19-12(21)11(10)13(14,15)16/h7,9H,2-6,8H2,1H3,(H2,18,19,21)/t9-/m1/s1. The van der Waals surface area contributed by atoms with E-state index in [2.05, 4.69) is 15.3 Å². The van der Waals surface area contributed by atoms with Crippen LogP contribution in [0.5, 0.6) is 0 Å². The van der Waals surface area contributed by atoms with Gasteiger partial charge in [0.05, 0.1) is 11.9 Å². The summed E-state index contributed by atoms with van der Waals surface area (Å²) < 4.78 is 38.8. The van der Waals surface area contributed by atoms with Crippen LogP contribution in [0.15, 0.2) is 11.0 Å². The molecule has 1 atom stereocenters. The van der Waals surface area contributed by atoms with Crippen molar-refractivity contribution in [1.82, 2.24) is 15.1 Å². The maximum absolute atomic E-state index is 12.9. The molecule has 0 unspecified atom stereocenters. The molecule has 0 aliphatic carbocycles. The van der Waals surface area contributed by atoms with Crippen LogP contribution in [0.4, 0.5) is 18.9 Å². The van der Waals surface area contributed by atoms with Gasteiger partial charge in [-0.1, -0.05) is 6.42 Å². The van der Waals surface area contributed by atoms with Crippen LogP contribution in [0.1, 0.15) is 31.7 Å². The fraction of sp³-hybridized carbons (Fsp3) is 0.692. The highest BCUT2D eigenvalue weighted by Crippen LogP contribution is 2.31. The van der Waals surface area contributed by atoms with Crippen LogP contribution < -0.4 is 10.9 Å². The molecule has 0 aromatic carbocycles. The van der Waals surface area contributed by atoms with Crippen molar-refractivity contribution in [2.45, 2.75) is 38.4 Å². The third-order valence-electron chi connectivity index (χ3n) is 3.52. The Morgan fingerprint density at radius 3 is 2.67 bits per heavy atom. The Bertz CT molecular complexity index is 523. The van der Waals surface area contributed by atoms with Crippen LogP contribution in [0, 0.1) is 0 Å². The van der Waals surface area contributed by atoms with Crippen molar-refractivity contribution in [3.05, 3.63) is 22.1 Å². The normalized spacial score (nSPS) is 18.5. The highest BCUT2D eigenvalue weighted by molar-refractivity contribution is 5.50. The van der Waals surface area contributed by atoms with Gasteiger partial charge in [-0.2, -0.15) is 18.3 Å². The van der Waals surface area contributed by atoms with Gasteiger partial charge in [0.1, 0.15) is 5.56 Å². The van der Waals surface area contributed by atoms with E-state index in [0.717, 1.165) is 32.1 Å². The summed E-state index contributed by atoms with van der Waals surface area (Å²) in [5, 5.41) is 8.03. The summed E-state index contributed by atoms with van der Waals surface area (Å²) in [7, 11) is 0. The van der Waals surface area contributed by atoms with E-state index in [-0.39, 0.29) is 11.7 Å². The summed E-state index contributed by atoms with van der Waals surface area (Å²) in [5.41, 5.74) is -2.71. The summed E-state index contributed by atoms with van der Waals surface area (Å²) in [5.74, 6) is 0. The minimum absolute atomic E-state index is 0.201. The van der Waals surface area contributed by atoms with Gasteiger partial charge in [-0.15, -0.1) is 0 Å². The van der Waals surface area contributed by atoms with Gasteiger partial charge in [0.2, 0.25) is 0 Å². The Morgan fingerprint density at radius 1 is 1.38 bits per heavy atom. The first-order valence-corrected chi connectivity index (χ1v) is 7.01. The SMILES string of the molecule is C[C@H](CN1CCCCC1)Nc1cn[nH]c(=O)c1C(F)(F)F. The minimum Gasteiger partial charge on any atom is -0.379 e. The number of halogens is 3. The summed E-state index contributed by atoms with van der Waals surface area (Å²) in [6.07, 6.45) is -0.255. The van der Waals surface area contributed by atoms with E-state index in [1.54, 1.807) is 6.92 Å². The lowest BCUT2D eigenvalue weighted by atomic mass is 10.1. The number of aromatic nitrogens is 2. The minimum atomic E-state index is -4.70. The molecule has 0 spiro atoms. The first kappa shape index (κ1) is 15.8. The molecule has 1 saturated heterocycles. The predicted octanol–water partition coefficient (Wildman–Crippen LogP) is 2.08. The maximum atomic E-state index is 12.9. The predicted molar refractivity (Wildman–Crippen MR) is 73.2 cm³/mol. The summed E-state index contributed by atoms with van der Waals surface area (Å²) in [6, 6.07) is -0.201. The Kier molecular flexibility index (Phi) is 4.87. The second kappa shape index (κ2) is 6.46. The van der Waals surface area contributed by atoms with Crippen molar-refractivity contribution in [3.8, 4) is 0 Å². The van der Waals surface area contributed by atoms with E-state index in [4.69, 9.17) is 0 Å². The average Bonchev–Trinajstić information content (AvgIpc) is 2.38. The number of hydrogen-bond acceptors (Lipinski definition) is 4. The number of rotatable bonds is 4. The van der Waals surface area contributed by atoms with Crippen molar-refractivity contribution in [2.75, 3.05) is 25.0 Å². The Labute approximate surface area is 120 Å². The largest absolute Gasteiger partial charge is 0.423 e. The van der Waals surface area contributed by atoms with Crippen LogP contribution in [-0.4, -0.2) is 40.8 Å². The molecule has 5 nitrogen and oxygen atoms in total. The lowest BCUT2D eigenvalue weighted by Gasteiger charge is -2.30. The Balaban J connectivity index is 2.08. The van der Waals surface area contributed by atoms with E-state index in [1.807, 2.05) is 5.10 Å². The van der Waals surface area contributed by atoms with Gasteiger partial charge in [-0.3, -0.25) is 4.79 Å². The second-order valence-electron chi connectivity index (χ2n) is 5.39. The van der Waals surface area contributed by atoms with Crippen LogP contribution in [0.25, 0.3) is 0 Å². The monoisotopic (exact) mass is 304 g/mol. The van der Waals surface area contributed by atoms with Crippen molar-refractivity contribution in [1.29, 1.82) is 0 Å². The molecule has 2 N–H and O–H groups in total. The van der Waals surface area contributed by atoms with Crippen molar-refractivity contribution < 1.29 is 13.2 Å². The topological polar surface area (TPSA) is 61.0 Å². The number of anilines is 1. The van der Waals surface area contributed by atoms with Gasteiger partial charge in [-0.25, -0.2) is 5.10 Å². The van der Waals surface area contributed by atoms with Gasteiger partial charge in [0.15, 0.2) is 0 Å². The molecule has 8 heteroatoms.